The molecule has 0 spiro atoms. The van der Waals surface area contributed by atoms with Gasteiger partial charge in [0.15, 0.2) is 0 Å². The van der Waals surface area contributed by atoms with Crippen molar-refractivity contribution in [2.24, 2.45) is 0 Å². The number of fused-ring (bicyclic) bond motifs is 1. The number of rotatable bonds is 5. The number of carbonyl (C=O) groups is 1. The predicted molar refractivity (Wildman–Crippen MR) is 106 cm³/mol. The summed E-state index contributed by atoms with van der Waals surface area (Å²) >= 11 is 6.41. The molecular weight excluding hydrogens is 362 g/mol. The van der Waals surface area contributed by atoms with E-state index in [1.807, 2.05) is 48.7 Å². The topological polar surface area (TPSA) is 60.9 Å². The van der Waals surface area contributed by atoms with Gasteiger partial charge >= 0.3 is 0 Å². The molecule has 0 saturated carbocycles. The second-order valence-corrected chi connectivity index (χ2v) is 7.11. The smallest absolute Gasteiger partial charge is 0.258 e. The van der Waals surface area contributed by atoms with E-state index < -0.39 is 0 Å². The molecule has 0 radical (unpaired) electrons. The standard InChI is InChI=1S/C21H18ClN3O2/c1-13(2)25-12-18(22)17-11-16(6-7-19(17)25)21-23-20(24-27-21)15-5-3-4-14(10-15)8-9-26/h3-7,9-13H,8H2,1-2H3. The first-order valence-corrected chi connectivity index (χ1v) is 9.11. The molecule has 2 aromatic carbocycles. The summed E-state index contributed by atoms with van der Waals surface area (Å²) in [5.74, 6) is 0.921. The van der Waals surface area contributed by atoms with Gasteiger partial charge in [-0.2, -0.15) is 4.98 Å². The summed E-state index contributed by atoms with van der Waals surface area (Å²) in [5.41, 5.74) is 3.61. The van der Waals surface area contributed by atoms with E-state index in [0.717, 1.165) is 33.9 Å². The number of aromatic nitrogens is 3. The zero-order valence-electron chi connectivity index (χ0n) is 15.0. The number of benzene rings is 2. The van der Waals surface area contributed by atoms with Gasteiger partial charge in [-0.25, -0.2) is 0 Å². The summed E-state index contributed by atoms with van der Waals surface area (Å²) in [4.78, 5) is 15.2. The minimum atomic E-state index is 0.319. The van der Waals surface area contributed by atoms with Crippen LogP contribution in [0.15, 0.2) is 53.2 Å². The Bertz CT molecular complexity index is 1130. The molecule has 6 heteroatoms. The average molecular weight is 380 g/mol. The van der Waals surface area contributed by atoms with Crippen LogP contribution in [0.25, 0.3) is 33.7 Å². The van der Waals surface area contributed by atoms with E-state index in [1.54, 1.807) is 0 Å². The summed E-state index contributed by atoms with van der Waals surface area (Å²) < 4.78 is 7.61. The van der Waals surface area contributed by atoms with Gasteiger partial charge in [-0.05, 0) is 43.7 Å². The minimum Gasteiger partial charge on any atom is -0.343 e. The van der Waals surface area contributed by atoms with E-state index in [1.165, 1.54) is 0 Å². The Kier molecular flexibility index (Phi) is 4.54. The molecule has 0 bridgehead atoms. The monoisotopic (exact) mass is 379 g/mol. The molecule has 2 heterocycles. The Labute approximate surface area is 161 Å². The molecule has 0 aliphatic carbocycles. The van der Waals surface area contributed by atoms with Gasteiger partial charge in [-0.15, -0.1) is 0 Å². The van der Waals surface area contributed by atoms with Gasteiger partial charge in [-0.1, -0.05) is 35.0 Å². The van der Waals surface area contributed by atoms with Crippen LogP contribution in [0.5, 0.6) is 0 Å². The van der Waals surface area contributed by atoms with Crippen LogP contribution in [0.4, 0.5) is 0 Å². The highest BCUT2D eigenvalue weighted by atomic mass is 35.5. The zero-order valence-corrected chi connectivity index (χ0v) is 15.8. The number of hydrogen-bond donors (Lipinski definition) is 0. The number of hydrogen-bond acceptors (Lipinski definition) is 4. The van der Waals surface area contributed by atoms with Gasteiger partial charge < -0.3 is 13.9 Å². The molecule has 0 aliphatic heterocycles. The first kappa shape index (κ1) is 17.5. The average Bonchev–Trinajstić information content (AvgIpc) is 3.27. The predicted octanol–water partition coefficient (Wildman–Crippen LogP) is 5.33. The molecule has 5 nitrogen and oxygen atoms in total. The largest absolute Gasteiger partial charge is 0.343 e. The van der Waals surface area contributed by atoms with Crippen molar-refractivity contribution in [3.8, 4) is 22.8 Å². The van der Waals surface area contributed by atoms with Gasteiger partial charge in [0, 0.05) is 40.7 Å². The number of aldehydes is 1. The molecule has 0 saturated heterocycles. The van der Waals surface area contributed by atoms with Crippen LogP contribution in [0.3, 0.4) is 0 Å². The van der Waals surface area contributed by atoms with Crippen LogP contribution in [-0.2, 0) is 11.2 Å². The summed E-state index contributed by atoms with van der Waals surface area (Å²) in [6.07, 6.45) is 3.18. The lowest BCUT2D eigenvalue weighted by molar-refractivity contribution is -0.107. The first-order chi connectivity index (χ1) is 13.1. The Morgan fingerprint density at radius 3 is 2.81 bits per heavy atom. The number of nitrogens with zero attached hydrogens (tertiary/aromatic N) is 3. The van der Waals surface area contributed by atoms with Gasteiger partial charge in [0.1, 0.15) is 6.29 Å². The highest BCUT2D eigenvalue weighted by Gasteiger charge is 2.15. The molecule has 0 fully saturated rings. The lowest BCUT2D eigenvalue weighted by Crippen LogP contribution is -1.97. The maximum absolute atomic E-state index is 10.7. The quantitative estimate of drug-likeness (QED) is 0.439. The molecular formula is C21H18ClN3O2. The molecule has 136 valence electrons. The molecule has 2 aromatic heterocycles. The Morgan fingerprint density at radius 1 is 1.19 bits per heavy atom. The SMILES string of the molecule is CC(C)n1cc(Cl)c2cc(-c3nc(-c4cccc(CC=O)c4)no3)ccc21. The van der Waals surface area contributed by atoms with Crippen molar-refractivity contribution in [1.29, 1.82) is 0 Å². The molecule has 4 aromatic rings. The van der Waals surface area contributed by atoms with Crippen molar-refractivity contribution in [2.45, 2.75) is 26.3 Å². The van der Waals surface area contributed by atoms with E-state index in [-0.39, 0.29) is 0 Å². The fraction of sp³-hybridized carbons (Fsp3) is 0.190. The maximum Gasteiger partial charge on any atom is 0.258 e. The minimum absolute atomic E-state index is 0.319. The Balaban J connectivity index is 1.72. The molecule has 0 N–H and O–H groups in total. The molecule has 27 heavy (non-hydrogen) atoms. The molecule has 0 amide bonds. The summed E-state index contributed by atoms with van der Waals surface area (Å²) in [5, 5.41) is 5.74. The van der Waals surface area contributed by atoms with E-state index in [4.69, 9.17) is 16.1 Å². The Hall–Kier alpha value is -2.92. The third kappa shape index (κ3) is 3.26. The second-order valence-electron chi connectivity index (χ2n) is 6.70. The van der Waals surface area contributed by atoms with Crippen molar-refractivity contribution in [2.75, 3.05) is 0 Å². The molecule has 0 aliphatic rings. The normalized spacial score (nSPS) is 11.4. The van der Waals surface area contributed by atoms with Crippen LogP contribution >= 0.6 is 11.6 Å². The fourth-order valence-corrected chi connectivity index (χ4v) is 3.42. The zero-order chi connectivity index (χ0) is 19.0. The third-order valence-corrected chi connectivity index (χ3v) is 4.82. The second kappa shape index (κ2) is 7.00. The molecule has 0 atom stereocenters. The highest BCUT2D eigenvalue weighted by Crippen LogP contribution is 2.32. The van der Waals surface area contributed by atoms with Gasteiger partial charge in [0.2, 0.25) is 5.82 Å². The lowest BCUT2D eigenvalue weighted by atomic mass is 10.1. The summed E-state index contributed by atoms with van der Waals surface area (Å²) in [7, 11) is 0. The van der Waals surface area contributed by atoms with Crippen molar-refractivity contribution < 1.29 is 9.32 Å². The van der Waals surface area contributed by atoms with Gasteiger partial charge in [0.25, 0.3) is 5.89 Å². The van der Waals surface area contributed by atoms with Gasteiger partial charge in [-0.3, -0.25) is 0 Å². The summed E-state index contributed by atoms with van der Waals surface area (Å²) in [6.45, 7) is 4.24. The number of halogens is 1. The van der Waals surface area contributed by atoms with Crippen molar-refractivity contribution in [3.05, 3.63) is 59.2 Å². The van der Waals surface area contributed by atoms with Crippen molar-refractivity contribution >= 4 is 28.8 Å². The van der Waals surface area contributed by atoms with Crippen LogP contribution in [0.1, 0.15) is 25.5 Å². The third-order valence-electron chi connectivity index (χ3n) is 4.52. The lowest BCUT2D eigenvalue weighted by Gasteiger charge is -2.08. The maximum atomic E-state index is 10.7. The number of carbonyl (C=O) groups excluding carboxylic acids is 1. The van der Waals surface area contributed by atoms with Crippen molar-refractivity contribution in [1.82, 2.24) is 14.7 Å². The Morgan fingerprint density at radius 2 is 2.04 bits per heavy atom. The van der Waals surface area contributed by atoms with Crippen LogP contribution < -0.4 is 0 Å². The van der Waals surface area contributed by atoms with E-state index in [2.05, 4.69) is 28.6 Å². The highest BCUT2D eigenvalue weighted by molar-refractivity contribution is 6.35. The van der Waals surface area contributed by atoms with E-state index in [0.29, 0.717) is 29.2 Å². The fourth-order valence-electron chi connectivity index (χ4n) is 3.17. The molecule has 0 unspecified atom stereocenters. The van der Waals surface area contributed by atoms with Crippen LogP contribution in [0.2, 0.25) is 5.02 Å². The van der Waals surface area contributed by atoms with Crippen LogP contribution in [-0.4, -0.2) is 21.0 Å². The van der Waals surface area contributed by atoms with Crippen molar-refractivity contribution in [3.63, 3.8) is 0 Å². The van der Waals surface area contributed by atoms with E-state index >= 15 is 0 Å². The van der Waals surface area contributed by atoms with Crippen LogP contribution in [0, 0.1) is 0 Å². The first-order valence-electron chi connectivity index (χ1n) is 8.74. The van der Waals surface area contributed by atoms with E-state index in [9.17, 15) is 4.79 Å². The summed E-state index contributed by atoms with van der Waals surface area (Å²) in [6, 6.07) is 13.8. The van der Waals surface area contributed by atoms with Gasteiger partial charge in [0.05, 0.1) is 5.02 Å². The molecule has 4 rings (SSSR count).